The summed E-state index contributed by atoms with van der Waals surface area (Å²) in [5.74, 6) is 2.27. The predicted octanol–water partition coefficient (Wildman–Crippen LogP) is 3.27. The van der Waals surface area contributed by atoms with Crippen LogP contribution in [0.3, 0.4) is 0 Å². The maximum atomic E-state index is 11.1. The van der Waals surface area contributed by atoms with Gasteiger partial charge >= 0.3 is 0 Å². The minimum absolute atomic E-state index is 0.387. The molecule has 7 heteroatoms. The van der Waals surface area contributed by atoms with Gasteiger partial charge in [-0.3, -0.25) is 4.72 Å². The Bertz CT molecular complexity index is 506. The maximum Gasteiger partial charge on any atom is 0.229 e. The summed E-state index contributed by atoms with van der Waals surface area (Å²) in [6, 6.07) is 5.20. The third-order valence-corrected chi connectivity index (χ3v) is 4.15. The molecule has 1 aromatic rings. The largest absolute Gasteiger partial charge is 0.385 e. The summed E-state index contributed by atoms with van der Waals surface area (Å²) in [6.45, 7) is 3.02. The molecule has 0 heterocycles. The molecule has 0 atom stereocenters. The van der Waals surface area contributed by atoms with Crippen LogP contribution in [-0.4, -0.2) is 32.7 Å². The molecule has 2 N–H and O–H groups in total. The zero-order chi connectivity index (χ0) is 14.3. The molecule has 0 aliphatic carbocycles. The molecular formula is C12H19ClN2O2S2. The molecule has 0 spiro atoms. The fourth-order valence-corrected chi connectivity index (χ4v) is 2.96. The quantitative estimate of drug-likeness (QED) is 0.721. The van der Waals surface area contributed by atoms with Crippen LogP contribution >= 0.6 is 23.4 Å². The lowest BCUT2D eigenvalue weighted by atomic mass is 10.3. The van der Waals surface area contributed by atoms with E-state index in [9.17, 15) is 8.42 Å². The molecular weight excluding hydrogens is 304 g/mol. The molecule has 0 unspecified atom stereocenters. The minimum atomic E-state index is -3.30. The van der Waals surface area contributed by atoms with E-state index in [0.717, 1.165) is 36.4 Å². The van der Waals surface area contributed by atoms with Crippen molar-refractivity contribution < 1.29 is 8.42 Å². The number of halogens is 1. The monoisotopic (exact) mass is 322 g/mol. The lowest BCUT2D eigenvalue weighted by Gasteiger charge is -2.10. The van der Waals surface area contributed by atoms with E-state index in [-0.39, 0.29) is 0 Å². The zero-order valence-corrected chi connectivity index (χ0v) is 13.5. The van der Waals surface area contributed by atoms with Gasteiger partial charge in [0.1, 0.15) is 0 Å². The highest BCUT2D eigenvalue weighted by molar-refractivity contribution is 7.99. The first-order valence-corrected chi connectivity index (χ1v) is 9.43. The Hall–Kier alpha value is -0.590. The van der Waals surface area contributed by atoms with Gasteiger partial charge in [0, 0.05) is 12.2 Å². The Morgan fingerprint density at radius 3 is 2.68 bits per heavy atom. The van der Waals surface area contributed by atoms with Gasteiger partial charge in [0.15, 0.2) is 0 Å². The minimum Gasteiger partial charge on any atom is -0.385 e. The normalized spacial score (nSPS) is 11.3. The smallest absolute Gasteiger partial charge is 0.229 e. The van der Waals surface area contributed by atoms with Gasteiger partial charge in [0.2, 0.25) is 10.0 Å². The highest BCUT2D eigenvalue weighted by atomic mass is 35.5. The van der Waals surface area contributed by atoms with Crippen molar-refractivity contribution in [3.63, 3.8) is 0 Å². The molecule has 1 aromatic carbocycles. The van der Waals surface area contributed by atoms with E-state index in [1.54, 1.807) is 12.1 Å². The van der Waals surface area contributed by atoms with E-state index in [4.69, 9.17) is 11.6 Å². The van der Waals surface area contributed by atoms with Gasteiger partial charge < -0.3 is 5.32 Å². The van der Waals surface area contributed by atoms with Crippen LogP contribution in [0, 0.1) is 0 Å². The fourth-order valence-electron chi connectivity index (χ4n) is 1.46. The topological polar surface area (TPSA) is 58.2 Å². The molecule has 0 aromatic heterocycles. The summed E-state index contributed by atoms with van der Waals surface area (Å²) in [5.41, 5.74) is 1.29. The summed E-state index contributed by atoms with van der Waals surface area (Å²) in [6.07, 6.45) is 2.18. The number of thioether (sulfide) groups is 1. The molecule has 0 aliphatic rings. The number of nitrogens with one attached hydrogen (secondary N) is 2. The van der Waals surface area contributed by atoms with Crippen molar-refractivity contribution in [1.29, 1.82) is 0 Å². The number of sulfonamides is 1. The lowest BCUT2D eigenvalue weighted by Crippen LogP contribution is -2.10. The van der Waals surface area contributed by atoms with Gasteiger partial charge in [-0.25, -0.2) is 8.42 Å². The fraction of sp³-hybridized carbons (Fsp3) is 0.500. The van der Waals surface area contributed by atoms with Crippen molar-refractivity contribution >= 4 is 44.8 Å². The summed E-state index contributed by atoms with van der Waals surface area (Å²) in [7, 11) is -3.30. The van der Waals surface area contributed by atoms with Crippen LogP contribution in [0.5, 0.6) is 0 Å². The first-order chi connectivity index (χ1) is 8.92. The number of hydrogen-bond donors (Lipinski definition) is 2. The molecule has 0 saturated heterocycles. The molecule has 0 fully saturated rings. The maximum absolute atomic E-state index is 11.1. The van der Waals surface area contributed by atoms with Gasteiger partial charge in [-0.15, -0.1) is 0 Å². The third-order valence-electron chi connectivity index (χ3n) is 2.26. The molecule has 0 saturated carbocycles. The van der Waals surface area contributed by atoms with Gasteiger partial charge in [-0.05, 0) is 36.1 Å². The molecule has 0 bridgehead atoms. The molecule has 0 radical (unpaired) electrons. The Morgan fingerprint density at radius 1 is 1.37 bits per heavy atom. The average Bonchev–Trinajstić information content (AvgIpc) is 2.31. The highest BCUT2D eigenvalue weighted by Crippen LogP contribution is 2.26. The molecule has 0 amide bonds. The second-order valence-corrected chi connectivity index (χ2v) is 7.60. The highest BCUT2D eigenvalue weighted by Gasteiger charge is 2.06. The van der Waals surface area contributed by atoms with Crippen molar-refractivity contribution in [3.05, 3.63) is 23.2 Å². The van der Waals surface area contributed by atoms with Crippen LogP contribution in [0.1, 0.15) is 13.3 Å². The van der Waals surface area contributed by atoms with Crippen molar-refractivity contribution in [3.8, 4) is 0 Å². The van der Waals surface area contributed by atoms with E-state index in [2.05, 4.69) is 17.0 Å². The van der Waals surface area contributed by atoms with E-state index in [1.165, 1.54) is 0 Å². The van der Waals surface area contributed by atoms with Crippen LogP contribution in [0.15, 0.2) is 18.2 Å². The average molecular weight is 323 g/mol. The predicted molar refractivity (Wildman–Crippen MR) is 86.0 cm³/mol. The first kappa shape index (κ1) is 16.5. The van der Waals surface area contributed by atoms with Gasteiger partial charge in [0.25, 0.3) is 0 Å². The van der Waals surface area contributed by atoms with Crippen LogP contribution in [0.2, 0.25) is 5.02 Å². The summed E-state index contributed by atoms with van der Waals surface area (Å²) in [4.78, 5) is 0. The van der Waals surface area contributed by atoms with Gasteiger partial charge in [-0.2, -0.15) is 11.8 Å². The van der Waals surface area contributed by atoms with Crippen molar-refractivity contribution in [2.24, 2.45) is 0 Å². The van der Waals surface area contributed by atoms with Gasteiger partial charge in [-0.1, -0.05) is 18.5 Å². The number of anilines is 2. The summed E-state index contributed by atoms with van der Waals surface area (Å²) in [5, 5.41) is 3.65. The Kier molecular flexibility index (Phi) is 6.82. The lowest BCUT2D eigenvalue weighted by molar-refractivity contribution is 0.607. The molecule has 108 valence electrons. The SMILES string of the molecule is CCSCCCNc1ccc(NS(C)(=O)=O)c(Cl)c1. The molecule has 0 aliphatic heterocycles. The van der Waals surface area contributed by atoms with E-state index in [1.807, 2.05) is 17.8 Å². The number of benzene rings is 1. The van der Waals surface area contributed by atoms with Crippen molar-refractivity contribution in [1.82, 2.24) is 0 Å². The van der Waals surface area contributed by atoms with Crippen LogP contribution in [0.25, 0.3) is 0 Å². The molecule has 4 nitrogen and oxygen atoms in total. The summed E-state index contributed by atoms with van der Waals surface area (Å²) < 4.78 is 24.6. The summed E-state index contributed by atoms with van der Waals surface area (Å²) >= 11 is 7.94. The van der Waals surface area contributed by atoms with E-state index < -0.39 is 10.0 Å². The number of hydrogen-bond acceptors (Lipinski definition) is 4. The van der Waals surface area contributed by atoms with E-state index >= 15 is 0 Å². The standard InChI is InChI=1S/C12H19ClN2O2S2/c1-3-18-8-4-7-14-10-5-6-12(11(13)9-10)15-19(2,16)17/h5-6,9,14-15H,3-4,7-8H2,1-2H3. The molecule has 19 heavy (non-hydrogen) atoms. The van der Waals surface area contributed by atoms with E-state index in [0.29, 0.717) is 10.7 Å². The second-order valence-electron chi connectivity index (χ2n) is 4.05. The van der Waals surface area contributed by atoms with Crippen molar-refractivity contribution in [2.75, 3.05) is 34.3 Å². The first-order valence-electron chi connectivity index (χ1n) is 6.01. The van der Waals surface area contributed by atoms with Crippen molar-refractivity contribution in [2.45, 2.75) is 13.3 Å². The second kappa shape index (κ2) is 7.87. The Balaban J connectivity index is 2.52. The van der Waals surface area contributed by atoms with Gasteiger partial charge in [0.05, 0.1) is 17.0 Å². The zero-order valence-electron chi connectivity index (χ0n) is 11.1. The van der Waals surface area contributed by atoms with Crippen LogP contribution < -0.4 is 10.0 Å². The molecule has 1 rings (SSSR count). The van der Waals surface area contributed by atoms with Crippen LogP contribution in [-0.2, 0) is 10.0 Å². The Labute approximate surface area is 124 Å². The third kappa shape index (κ3) is 6.94. The number of rotatable bonds is 8. The Morgan fingerprint density at radius 2 is 2.11 bits per heavy atom. The van der Waals surface area contributed by atoms with Crippen LogP contribution in [0.4, 0.5) is 11.4 Å².